The largest absolute Gasteiger partial charge is 0.508 e. The van der Waals surface area contributed by atoms with Crippen LogP contribution in [0.2, 0.25) is 0 Å². The second-order valence-corrected chi connectivity index (χ2v) is 34.6. The number of aromatic nitrogens is 1. The highest BCUT2D eigenvalue weighted by Gasteiger charge is 2.47. The summed E-state index contributed by atoms with van der Waals surface area (Å²) in [4.78, 5) is 270. The number of halogens is 4. The predicted molar refractivity (Wildman–Crippen MR) is 475 cm³/mol. The Morgan fingerprint density at radius 3 is 1.63 bits per heavy atom. The molecule has 134 heavy (non-hydrogen) atoms. The summed E-state index contributed by atoms with van der Waals surface area (Å²) in [5, 5.41) is 54.0. The summed E-state index contributed by atoms with van der Waals surface area (Å²) in [5.74, 6) is -30.0. The zero-order chi connectivity index (χ0) is 98.1. The number of amides is 16. The molecule has 0 saturated carbocycles. The zero-order valence-electron chi connectivity index (χ0n) is 74.5. The number of unbranched alkanes of at least 4 members (excludes halogenated alkanes) is 1. The minimum Gasteiger partial charge on any atom is -0.508 e. The number of aliphatic carboxylic acids is 2. The minimum atomic E-state index is -2.08. The molecule has 0 aliphatic carbocycles. The Kier molecular flexibility index (Phi) is 37.4. The highest BCUT2D eigenvalue weighted by atomic mass is 32.2. The Morgan fingerprint density at radius 1 is 0.493 bits per heavy atom. The van der Waals surface area contributed by atoms with Gasteiger partial charge in [-0.2, -0.15) is 0 Å². The molecule has 16 amide bonds. The summed E-state index contributed by atoms with van der Waals surface area (Å²) in [7, 11) is 3.47. The molecule has 6 aromatic rings. The number of nitrogens with two attached hydrogens (primary N) is 2. The Labute approximate surface area is 772 Å². The lowest BCUT2D eigenvalue weighted by Gasteiger charge is -2.38. The van der Waals surface area contributed by atoms with Crippen molar-refractivity contribution >= 4 is 129 Å². The number of piperidine rings is 1. The van der Waals surface area contributed by atoms with Gasteiger partial charge in [-0.25, -0.2) is 17.6 Å². The normalized spacial score (nSPS) is 23.5. The third kappa shape index (κ3) is 28.5. The maximum atomic E-state index is 15.6. The van der Waals surface area contributed by atoms with Crippen molar-refractivity contribution in [3.05, 3.63) is 173 Å². The number of nitrogens with one attached hydrogen (secondary N) is 10. The van der Waals surface area contributed by atoms with Crippen LogP contribution in [0.25, 0.3) is 10.9 Å². The number of phenols is 1. The van der Waals surface area contributed by atoms with Gasteiger partial charge < -0.3 is 104 Å². The molecule has 17 N–H and O–H groups in total. The van der Waals surface area contributed by atoms with Gasteiger partial charge >= 0.3 is 11.9 Å². The topological polar surface area (TPSA) is 560 Å². The van der Waals surface area contributed by atoms with Crippen LogP contribution in [0.1, 0.15) is 119 Å². The van der Waals surface area contributed by atoms with Gasteiger partial charge in [-0.05, 0) is 115 Å². The molecular formula is C91H111F4N17O21S. The fraction of sp³-hybridized carbons (Fsp3) is 0.451. The smallest absolute Gasteiger partial charge is 0.305 e. The van der Waals surface area contributed by atoms with Gasteiger partial charge in [0, 0.05) is 89.2 Å². The fourth-order valence-electron chi connectivity index (χ4n) is 16.2. The third-order valence-electron chi connectivity index (χ3n) is 23.4. The monoisotopic (exact) mass is 1890 g/mol. The van der Waals surface area contributed by atoms with Crippen LogP contribution in [0.3, 0.4) is 0 Å². The number of nitrogens with zero attached hydrogens (tertiary/aromatic N) is 5. The molecule has 9 rings (SSSR count). The summed E-state index contributed by atoms with van der Waals surface area (Å²) in [6.07, 6.45) is -3.49. The van der Waals surface area contributed by atoms with Crippen LogP contribution in [-0.4, -0.2) is 282 Å². The molecule has 38 nitrogen and oxygen atoms in total. The van der Waals surface area contributed by atoms with Crippen molar-refractivity contribution in [2.24, 2.45) is 17.4 Å². The minimum absolute atomic E-state index is 0.104. The van der Waals surface area contributed by atoms with E-state index in [0.717, 1.165) is 43.7 Å². The van der Waals surface area contributed by atoms with Crippen molar-refractivity contribution in [3.63, 3.8) is 0 Å². The summed E-state index contributed by atoms with van der Waals surface area (Å²) in [5.41, 5.74) is 12.5. The third-order valence-corrected chi connectivity index (χ3v) is 24.4. The molecule has 3 saturated heterocycles. The lowest BCUT2D eigenvalue weighted by Crippen LogP contribution is -2.63. The molecule has 0 spiro atoms. The number of thioether (sulfide) groups is 1. The molecule has 43 heteroatoms. The highest BCUT2D eigenvalue weighted by Crippen LogP contribution is 2.29. The first-order chi connectivity index (χ1) is 63.6. The Morgan fingerprint density at radius 2 is 1.00 bits per heavy atom. The number of rotatable bonds is 23. The quantitative estimate of drug-likeness (QED) is 0.0310. The van der Waals surface area contributed by atoms with Crippen LogP contribution in [0.5, 0.6) is 5.75 Å². The second kappa shape index (κ2) is 48.4. The van der Waals surface area contributed by atoms with Crippen molar-refractivity contribution in [3.8, 4) is 5.75 Å². The summed E-state index contributed by atoms with van der Waals surface area (Å²) in [6.45, 7) is 3.46. The molecule has 720 valence electrons. The first-order valence-corrected chi connectivity index (χ1v) is 44.7. The lowest BCUT2D eigenvalue weighted by molar-refractivity contribution is -0.152. The number of hydrogen-bond acceptors (Lipinski definition) is 20. The molecule has 0 unspecified atom stereocenters. The van der Waals surface area contributed by atoms with Crippen LogP contribution < -0.4 is 59.3 Å². The van der Waals surface area contributed by atoms with Gasteiger partial charge in [-0.1, -0.05) is 106 Å². The van der Waals surface area contributed by atoms with Gasteiger partial charge in [0.15, 0.2) is 17.5 Å². The number of fused-ring (bicyclic) bond motifs is 3. The Balaban J connectivity index is 1.14. The van der Waals surface area contributed by atoms with Crippen LogP contribution in [0, 0.1) is 29.2 Å². The van der Waals surface area contributed by atoms with Gasteiger partial charge in [0.05, 0.1) is 31.6 Å². The number of aromatic amines is 1. The fourth-order valence-corrected chi connectivity index (χ4v) is 17.0. The van der Waals surface area contributed by atoms with Crippen molar-refractivity contribution in [1.29, 1.82) is 0 Å². The first kappa shape index (κ1) is 104. The molecule has 4 heterocycles. The number of phenolic OH excluding ortho intramolecular Hbond substituents is 1. The maximum Gasteiger partial charge on any atom is 0.305 e. The van der Waals surface area contributed by atoms with E-state index in [1.807, 2.05) is 0 Å². The SMILES string of the molecule is CCCC[C@H]1C(=O)N2CCC[C@@H]2C(=O)N[C@@H](CC(=O)O)C(=O)N[C@@H](C(C)C)C(=O)N(C)[C@@H](Cc2ccccc2)C(=O)N[C@@H](CC(=O)O)C(=O)N2CCCC[C@@H]2C(=O)N[C@@H](Cc2c[nH]c3ccccc23)C(=O)N[C@@H](Cc2ccc(O)cc2)C(=O)N[C@@H](CC(N)=O)C(=O)N[C@H](C(=O)NCC(N)=O)CSCC(=O)N[C@@H](Cc2cc(F)c(F)c(F)c2)C(=O)N(C)[C@@H](Cc2ccc(F)cc2)C(=O)N1C. The van der Waals surface area contributed by atoms with E-state index < -0.39 is 276 Å². The van der Waals surface area contributed by atoms with Crippen molar-refractivity contribution in [1.82, 2.24) is 77.3 Å². The van der Waals surface area contributed by atoms with E-state index in [-0.39, 0.29) is 87.8 Å². The molecule has 3 aliphatic heterocycles. The average molecular weight is 1890 g/mol. The number of carboxylic acid groups (broad SMARTS) is 2. The molecular weight excluding hydrogens is 1780 g/mol. The second-order valence-electron chi connectivity index (χ2n) is 33.6. The van der Waals surface area contributed by atoms with Crippen LogP contribution in [0.15, 0.2) is 121 Å². The van der Waals surface area contributed by atoms with Crippen LogP contribution in [-0.2, 0) is 118 Å². The number of carbonyl (C=O) groups excluding carboxylic acids is 16. The van der Waals surface area contributed by atoms with Gasteiger partial charge in [0.25, 0.3) is 0 Å². The van der Waals surface area contributed by atoms with Crippen molar-refractivity contribution in [2.45, 2.75) is 202 Å². The van der Waals surface area contributed by atoms with E-state index in [9.17, 15) is 67.3 Å². The molecule has 0 radical (unpaired) electrons. The summed E-state index contributed by atoms with van der Waals surface area (Å²) in [6, 6.07) is 2.49. The Bertz CT molecular complexity index is 5310. The maximum absolute atomic E-state index is 15.6. The van der Waals surface area contributed by atoms with E-state index in [4.69, 9.17) is 11.5 Å². The number of para-hydroxylation sites is 1. The molecule has 1 aromatic heterocycles. The van der Waals surface area contributed by atoms with E-state index in [0.29, 0.717) is 52.3 Å². The predicted octanol–water partition coefficient (Wildman–Crippen LogP) is 0.694. The van der Waals surface area contributed by atoms with Crippen molar-refractivity contribution in [2.75, 3.05) is 52.3 Å². The average Bonchev–Trinajstić information content (AvgIpc) is 1.57. The van der Waals surface area contributed by atoms with Gasteiger partial charge in [0.2, 0.25) is 94.5 Å². The van der Waals surface area contributed by atoms with Crippen molar-refractivity contribution < 1.29 is 119 Å². The van der Waals surface area contributed by atoms with E-state index in [1.54, 1.807) is 61.5 Å². The molecule has 3 fully saturated rings. The lowest BCUT2D eigenvalue weighted by atomic mass is 9.97. The van der Waals surface area contributed by atoms with Gasteiger partial charge in [-0.15, -0.1) is 11.8 Å². The zero-order valence-corrected chi connectivity index (χ0v) is 75.3. The number of aromatic hydroxyl groups is 1. The Hall–Kier alpha value is -14.0. The summed E-state index contributed by atoms with van der Waals surface area (Å²) < 4.78 is 59.7. The van der Waals surface area contributed by atoms with E-state index >= 15 is 51.9 Å². The molecule has 5 aromatic carbocycles. The number of hydrogen-bond donors (Lipinski definition) is 15. The number of primary amides is 2. The number of benzene rings is 5. The number of likely N-dealkylation sites (N-methyl/N-ethyl adjacent to an activating group) is 3. The highest BCUT2D eigenvalue weighted by molar-refractivity contribution is 8.00. The standard InChI is InChI=1S/C91H111F4N17O21S/c1-7-8-21-69-90(132)112-33-16-23-68(112)85(127)104-63(42-75(117)118)83(125)107-78(48(2)3)91(133)109(5)70(38-49-17-10-9-11-18-49)86(128)105-65(43-76(119)120)88(130)111-32-15-14-22-67(111)84(126)103-61(40-53-44-98-59-20-13-12-19-56(53)59)81(123)101-60(36-50-26-30-55(113)31-27-50)80(122)102-62(41-72(96)114)82(124)106-66(79(121)99-45-73(97)115)46-134-47-74(116)100-64(37-52-34-57(93)77(95)58(94)35-52)87(129)110(6)71(89(131)108(69)4)39-51-24-28-54(92)29-25-51/h9-13,17-20,24-31,34-35,44,48,60-71,78,98,113H,7-8,14-16,21-23,32-33,36-43,45-47H2,1-6H3,(H2,96,114)(H2,97,115)(H,99,121)(H,100,116)(H,101,123)(H,102,122)(H,103,126)(H,104,127)(H,105,128)(H,106,124)(H,107,125)(H,117,118)(H,119,120)/t60-,61-,62-,63-,64-,65-,66-,67+,68+,69-,70-,71-,78-/m0/s1. The molecule has 0 bridgehead atoms. The van der Waals surface area contributed by atoms with Gasteiger partial charge in [-0.3, -0.25) is 86.3 Å². The number of H-pyrrole nitrogens is 1. The molecule has 3 aliphatic rings. The van der Waals surface area contributed by atoms with Crippen LogP contribution in [0.4, 0.5) is 17.6 Å². The first-order valence-electron chi connectivity index (χ1n) is 43.5. The van der Waals surface area contributed by atoms with Crippen LogP contribution >= 0.6 is 11.8 Å². The van der Waals surface area contributed by atoms with E-state index in [2.05, 4.69) is 52.8 Å². The number of carbonyl (C=O) groups is 18. The molecule has 13 atom stereocenters. The number of carboxylic acids is 2. The van der Waals surface area contributed by atoms with E-state index in [1.165, 1.54) is 70.5 Å². The summed E-state index contributed by atoms with van der Waals surface area (Å²) >= 11 is 0.545. The van der Waals surface area contributed by atoms with Gasteiger partial charge in [0.1, 0.15) is 90.1 Å².